The molecule has 122 valence electrons. The zero-order valence-corrected chi connectivity index (χ0v) is 13.5. The third-order valence-corrected chi connectivity index (χ3v) is 4.54. The maximum atomic E-state index is 9.16. The predicted octanol–water partition coefficient (Wildman–Crippen LogP) is 2.90. The van der Waals surface area contributed by atoms with Crippen molar-refractivity contribution >= 4 is 0 Å². The molecule has 0 amide bonds. The smallest absolute Gasteiger partial charge is 0.0711 e. The summed E-state index contributed by atoms with van der Waals surface area (Å²) in [4.78, 5) is 2.29. The van der Waals surface area contributed by atoms with Gasteiger partial charge >= 0.3 is 0 Å². The zero-order valence-electron chi connectivity index (χ0n) is 13.5. The van der Waals surface area contributed by atoms with Crippen LogP contribution >= 0.6 is 0 Å². The Morgan fingerprint density at radius 3 is 2.17 bits per heavy atom. The van der Waals surface area contributed by atoms with Gasteiger partial charge in [-0.3, -0.25) is 4.90 Å². The zero-order chi connectivity index (χ0) is 15.9. The Labute approximate surface area is 138 Å². The SMILES string of the molecule is OCCN1CCOC(CC(c2ccccc2)c2ccccc2)C1. The van der Waals surface area contributed by atoms with E-state index in [-0.39, 0.29) is 12.7 Å². The van der Waals surface area contributed by atoms with Crippen LogP contribution in [-0.4, -0.2) is 49.0 Å². The van der Waals surface area contributed by atoms with Crippen molar-refractivity contribution in [2.75, 3.05) is 32.8 Å². The Bertz CT molecular complexity index is 531. The van der Waals surface area contributed by atoms with E-state index in [4.69, 9.17) is 9.84 Å². The summed E-state index contributed by atoms with van der Waals surface area (Å²) in [5.41, 5.74) is 2.67. The molecule has 1 aliphatic heterocycles. The van der Waals surface area contributed by atoms with Crippen molar-refractivity contribution in [3.05, 3.63) is 71.8 Å². The summed E-state index contributed by atoms with van der Waals surface area (Å²) in [5.74, 6) is 0.344. The Morgan fingerprint density at radius 2 is 1.61 bits per heavy atom. The second kappa shape index (κ2) is 8.25. The topological polar surface area (TPSA) is 32.7 Å². The van der Waals surface area contributed by atoms with Gasteiger partial charge in [-0.15, -0.1) is 0 Å². The highest BCUT2D eigenvalue weighted by atomic mass is 16.5. The van der Waals surface area contributed by atoms with E-state index in [2.05, 4.69) is 65.6 Å². The minimum atomic E-state index is 0.209. The van der Waals surface area contributed by atoms with Crippen molar-refractivity contribution < 1.29 is 9.84 Å². The minimum absolute atomic E-state index is 0.209. The molecular formula is C20H25NO2. The standard InChI is InChI=1S/C20H25NO2/c22-13-11-21-12-14-23-19(16-21)15-20(17-7-3-1-4-8-17)18-9-5-2-6-10-18/h1-10,19-20,22H,11-16H2. The summed E-state index contributed by atoms with van der Waals surface area (Å²) >= 11 is 0. The molecule has 1 N–H and O–H groups in total. The van der Waals surface area contributed by atoms with Crippen molar-refractivity contribution in [1.29, 1.82) is 0 Å². The summed E-state index contributed by atoms with van der Waals surface area (Å²) < 4.78 is 6.00. The fourth-order valence-electron chi connectivity index (χ4n) is 3.37. The van der Waals surface area contributed by atoms with Crippen molar-refractivity contribution in [2.45, 2.75) is 18.4 Å². The summed E-state index contributed by atoms with van der Waals surface area (Å²) in [6.45, 7) is 3.52. The molecular weight excluding hydrogens is 286 g/mol. The third-order valence-electron chi connectivity index (χ3n) is 4.54. The first kappa shape index (κ1) is 16.2. The highest BCUT2D eigenvalue weighted by molar-refractivity contribution is 5.32. The number of hydrogen-bond acceptors (Lipinski definition) is 3. The Balaban J connectivity index is 1.77. The number of benzene rings is 2. The van der Waals surface area contributed by atoms with Crippen LogP contribution in [0.2, 0.25) is 0 Å². The molecule has 0 saturated carbocycles. The van der Waals surface area contributed by atoms with Gasteiger partial charge in [-0.2, -0.15) is 0 Å². The molecule has 1 unspecified atom stereocenters. The fraction of sp³-hybridized carbons (Fsp3) is 0.400. The minimum Gasteiger partial charge on any atom is -0.395 e. The van der Waals surface area contributed by atoms with Gasteiger partial charge in [-0.05, 0) is 17.5 Å². The van der Waals surface area contributed by atoms with E-state index in [0.29, 0.717) is 5.92 Å². The van der Waals surface area contributed by atoms with Crippen LogP contribution in [0.4, 0.5) is 0 Å². The van der Waals surface area contributed by atoms with Gasteiger partial charge in [0.15, 0.2) is 0 Å². The number of morpholine rings is 1. The van der Waals surface area contributed by atoms with Gasteiger partial charge in [-0.1, -0.05) is 60.7 Å². The largest absolute Gasteiger partial charge is 0.395 e. The molecule has 0 radical (unpaired) electrons. The van der Waals surface area contributed by atoms with E-state index in [0.717, 1.165) is 32.7 Å². The molecule has 2 aromatic rings. The quantitative estimate of drug-likeness (QED) is 0.890. The normalized spacial score (nSPS) is 19.1. The molecule has 0 aromatic heterocycles. The molecule has 3 rings (SSSR count). The number of rotatable bonds is 6. The van der Waals surface area contributed by atoms with Crippen molar-refractivity contribution in [1.82, 2.24) is 4.90 Å². The first-order chi connectivity index (χ1) is 11.4. The Morgan fingerprint density at radius 1 is 1.00 bits per heavy atom. The lowest BCUT2D eigenvalue weighted by molar-refractivity contribution is -0.0372. The van der Waals surface area contributed by atoms with E-state index in [1.54, 1.807) is 0 Å². The molecule has 0 spiro atoms. The first-order valence-electron chi connectivity index (χ1n) is 8.41. The number of aliphatic hydroxyl groups is 1. The summed E-state index contributed by atoms with van der Waals surface area (Å²) in [6.07, 6.45) is 1.18. The fourth-order valence-corrected chi connectivity index (χ4v) is 3.37. The second-order valence-electron chi connectivity index (χ2n) is 6.13. The van der Waals surface area contributed by atoms with Crippen LogP contribution in [-0.2, 0) is 4.74 Å². The molecule has 3 heteroatoms. The van der Waals surface area contributed by atoms with Gasteiger partial charge in [0.1, 0.15) is 0 Å². The summed E-state index contributed by atoms with van der Waals surface area (Å²) in [7, 11) is 0. The number of aliphatic hydroxyl groups excluding tert-OH is 1. The molecule has 1 heterocycles. The van der Waals surface area contributed by atoms with Crippen LogP contribution in [0.3, 0.4) is 0 Å². The maximum Gasteiger partial charge on any atom is 0.0711 e. The maximum absolute atomic E-state index is 9.16. The lowest BCUT2D eigenvalue weighted by Gasteiger charge is -2.34. The van der Waals surface area contributed by atoms with Crippen LogP contribution in [0.5, 0.6) is 0 Å². The Kier molecular flexibility index (Phi) is 5.81. The van der Waals surface area contributed by atoms with Crippen LogP contribution in [0.15, 0.2) is 60.7 Å². The van der Waals surface area contributed by atoms with Gasteiger partial charge in [0, 0.05) is 25.6 Å². The number of ether oxygens (including phenoxy) is 1. The van der Waals surface area contributed by atoms with E-state index < -0.39 is 0 Å². The highest BCUT2D eigenvalue weighted by Gasteiger charge is 2.25. The number of hydrogen-bond donors (Lipinski definition) is 1. The predicted molar refractivity (Wildman–Crippen MR) is 92.6 cm³/mol. The van der Waals surface area contributed by atoms with Crippen LogP contribution in [0.1, 0.15) is 23.5 Å². The molecule has 2 aromatic carbocycles. The van der Waals surface area contributed by atoms with Crippen LogP contribution < -0.4 is 0 Å². The van der Waals surface area contributed by atoms with Gasteiger partial charge in [0.2, 0.25) is 0 Å². The molecule has 1 saturated heterocycles. The lowest BCUT2D eigenvalue weighted by Crippen LogP contribution is -2.44. The molecule has 3 nitrogen and oxygen atoms in total. The van der Waals surface area contributed by atoms with Crippen molar-refractivity contribution in [2.24, 2.45) is 0 Å². The van der Waals surface area contributed by atoms with Crippen LogP contribution in [0.25, 0.3) is 0 Å². The monoisotopic (exact) mass is 311 g/mol. The van der Waals surface area contributed by atoms with Gasteiger partial charge < -0.3 is 9.84 Å². The summed E-state index contributed by atoms with van der Waals surface area (Å²) in [5, 5.41) is 9.16. The number of β-amino-alcohol motifs (C(OH)–C–C–N with tert-alkyl or cyclic N) is 1. The van der Waals surface area contributed by atoms with Crippen molar-refractivity contribution in [3.8, 4) is 0 Å². The molecule has 23 heavy (non-hydrogen) atoms. The molecule has 1 fully saturated rings. The Hall–Kier alpha value is -1.68. The average Bonchev–Trinajstić information content (AvgIpc) is 2.62. The van der Waals surface area contributed by atoms with Crippen molar-refractivity contribution in [3.63, 3.8) is 0 Å². The molecule has 1 aliphatic rings. The lowest BCUT2D eigenvalue weighted by atomic mass is 9.86. The second-order valence-corrected chi connectivity index (χ2v) is 6.13. The van der Waals surface area contributed by atoms with Crippen LogP contribution in [0, 0.1) is 0 Å². The molecule has 1 atom stereocenters. The first-order valence-corrected chi connectivity index (χ1v) is 8.41. The van der Waals surface area contributed by atoms with Gasteiger partial charge in [0.05, 0.1) is 19.3 Å². The number of nitrogens with zero attached hydrogens (tertiary/aromatic N) is 1. The summed E-state index contributed by atoms with van der Waals surface area (Å²) in [6, 6.07) is 21.3. The molecule has 0 bridgehead atoms. The average molecular weight is 311 g/mol. The van der Waals surface area contributed by atoms with E-state index in [1.807, 2.05) is 0 Å². The third kappa shape index (κ3) is 4.41. The van der Waals surface area contributed by atoms with E-state index in [9.17, 15) is 0 Å². The van der Waals surface area contributed by atoms with Gasteiger partial charge in [0.25, 0.3) is 0 Å². The highest BCUT2D eigenvalue weighted by Crippen LogP contribution is 2.30. The van der Waals surface area contributed by atoms with E-state index in [1.165, 1.54) is 11.1 Å². The van der Waals surface area contributed by atoms with Gasteiger partial charge in [-0.25, -0.2) is 0 Å². The molecule has 0 aliphatic carbocycles. The van der Waals surface area contributed by atoms with E-state index >= 15 is 0 Å².